The van der Waals surface area contributed by atoms with Gasteiger partial charge < -0.3 is 4.98 Å². The molecule has 2 aliphatic rings. The molecule has 1 fully saturated rings. The predicted molar refractivity (Wildman–Crippen MR) is 123 cm³/mol. The third kappa shape index (κ3) is 3.29. The van der Waals surface area contributed by atoms with E-state index in [9.17, 15) is 14.4 Å². The Morgan fingerprint density at radius 3 is 2.43 bits per heavy atom. The first kappa shape index (κ1) is 19.5. The van der Waals surface area contributed by atoms with E-state index in [1.807, 2.05) is 54.6 Å². The molecule has 2 amide bonds. The van der Waals surface area contributed by atoms with Crippen molar-refractivity contribution in [1.82, 2.24) is 4.98 Å². The predicted octanol–water partition coefficient (Wildman–Crippen LogP) is 4.66. The molecule has 1 aromatic heterocycles. The molecule has 8 heteroatoms. The van der Waals surface area contributed by atoms with E-state index in [2.05, 4.69) is 20.9 Å². The van der Waals surface area contributed by atoms with Gasteiger partial charge in [0.2, 0.25) is 11.8 Å². The summed E-state index contributed by atoms with van der Waals surface area (Å²) in [6.45, 7) is 0. The zero-order valence-corrected chi connectivity index (χ0v) is 18.7. The topological polar surface area (TPSA) is 70.2 Å². The monoisotopic (exact) mass is 498 g/mol. The number of benzene rings is 2. The van der Waals surface area contributed by atoms with Crippen molar-refractivity contribution in [3.63, 3.8) is 0 Å². The van der Waals surface area contributed by atoms with Crippen LogP contribution in [0.15, 0.2) is 75.0 Å². The summed E-state index contributed by atoms with van der Waals surface area (Å²) in [5.41, 5.74) is 1.56. The Labute approximate surface area is 188 Å². The molecule has 3 unspecified atom stereocenters. The number of rotatable bonds is 3. The molecule has 3 atom stereocenters. The fraction of sp³-hybridized carbons (Fsp3) is 0.136. The van der Waals surface area contributed by atoms with Gasteiger partial charge in [0.25, 0.3) is 0 Å². The number of carbonyl (C=O) groups is 2. The van der Waals surface area contributed by atoms with Crippen LogP contribution in [-0.2, 0) is 9.59 Å². The van der Waals surface area contributed by atoms with Crippen molar-refractivity contribution in [2.24, 2.45) is 5.92 Å². The van der Waals surface area contributed by atoms with E-state index >= 15 is 0 Å². The molecule has 1 saturated heterocycles. The van der Waals surface area contributed by atoms with E-state index in [0.717, 1.165) is 26.3 Å². The molecule has 30 heavy (non-hydrogen) atoms. The number of hydrogen-bond acceptors (Lipinski definition) is 5. The van der Waals surface area contributed by atoms with Crippen LogP contribution in [0.4, 0.5) is 5.69 Å². The van der Waals surface area contributed by atoms with Crippen molar-refractivity contribution >= 4 is 62.6 Å². The molecule has 0 saturated carbocycles. The van der Waals surface area contributed by atoms with E-state index in [0.29, 0.717) is 10.7 Å². The summed E-state index contributed by atoms with van der Waals surface area (Å²) < 4.78 is 0.876. The number of carbonyl (C=O) groups excluding carboxylic acids is 2. The summed E-state index contributed by atoms with van der Waals surface area (Å²) >= 11 is 5.78. The quantitative estimate of drug-likeness (QED) is 0.533. The van der Waals surface area contributed by atoms with Gasteiger partial charge in [-0.1, -0.05) is 81.5 Å². The van der Waals surface area contributed by atoms with Gasteiger partial charge in [-0.25, -0.2) is 4.90 Å². The third-order valence-corrected chi connectivity index (χ3v) is 8.20. The Morgan fingerprint density at radius 1 is 0.967 bits per heavy atom. The SMILES string of the molecule is O=C1C2Sc3[nH]c(=O)sc3C(/C=C/c3ccccc3)C2C(=O)N1c1ccc(Br)cc1. The summed E-state index contributed by atoms with van der Waals surface area (Å²) in [7, 11) is 0. The highest BCUT2D eigenvalue weighted by molar-refractivity contribution is 9.10. The van der Waals surface area contributed by atoms with Gasteiger partial charge in [0.15, 0.2) is 0 Å². The molecular formula is C22H15BrN2O3S2. The number of aromatic nitrogens is 1. The average Bonchev–Trinajstić information content (AvgIpc) is 3.24. The molecule has 0 aliphatic carbocycles. The van der Waals surface area contributed by atoms with E-state index in [1.165, 1.54) is 16.7 Å². The zero-order chi connectivity index (χ0) is 20.8. The largest absolute Gasteiger partial charge is 0.307 e. The Kier molecular flexibility index (Phi) is 5.00. The molecule has 5 nitrogen and oxygen atoms in total. The third-order valence-electron chi connectivity index (χ3n) is 5.25. The molecule has 0 bridgehead atoms. The smallest absolute Gasteiger partial charge is 0.305 e. The number of imide groups is 1. The number of nitrogens with zero attached hydrogens (tertiary/aromatic N) is 1. The van der Waals surface area contributed by atoms with Crippen molar-refractivity contribution in [1.29, 1.82) is 0 Å². The van der Waals surface area contributed by atoms with E-state index in [1.54, 1.807) is 12.1 Å². The molecule has 3 heterocycles. The molecule has 2 aromatic carbocycles. The van der Waals surface area contributed by atoms with Gasteiger partial charge in [0, 0.05) is 15.3 Å². The van der Waals surface area contributed by atoms with Crippen LogP contribution < -0.4 is 9.77 Å². The first-order valence-corrected chi connectivity index (χ1v) is 11.8. The summed E-state index contributed by atoms with van der Waals surface area (Å²) in [4.78, 5) is 43.5. The second-order valence-electron chi connectivity index (χ2n) is 7.06. The fourth-order valence-electron chi connectivity index (χ4n) is 3.89. The number of allylic oxidation sites excluding steroid dienone is 1. The van der Waals surface area contributed by atoms with Crippen molar-refractivity contribution in [3.05, 3.63) is 85.3 Å². The van der Waals surface area contributed by atoms with E-state index < -0.39 is 11.2 Å². The highest BCUT2D eigenvalue weighted by Gasteiger charge is 2.55. The van der Waals surface area contributed by atoms with Crippen LogP contribution in [-0.4, -0.2) is 22.0 Å². The van der Waals surface area contributed by atoms with Gasteiger partial charge in [-0.15, -0.1) is 0 Å². The van der Waals surface area contributed by atoms with Gasteiger partial charge >= 0.3 is 4.87 Å². The molecule has 2 aliphatic heterocycles. The lowest BCUT2D eigenvalue weighted by Crippen LogP contribution is -2.31. The highest BCUT2D eigenvalue weighted by Crippen LogP contribution is 2.51. The highest BCUT2D eigenvalue weighted by atomic mass is 79.9. The van der Waals surface area contributed by atoms with Crippen molar-refractivity contribution in [3.8, 4) is 0 Å². The second-order valence-corrected chi connectivity index (χ2v) is 10.1. The van der Waals surface area contributed by atoms with Crippen LogP contribution in [0.25, 0.3) is 6.08 Å². The number of thiazole rings is 1. The number of nitrogens with one attached hydrogen (secondary N) is 1. The first-order valence-electron chi connectivity index (χ1n) is 9.29. The zero-order valence-electron chi connectivity index (χ0n) is 15.4. The van der Waals surface area contributed by atoms with Crippen LogP contribution in [0, 0.1) is 5.92 Å². The van der Waals surface area contributed by atoms with Crippen molar-refractivity contribution in [2.45, 2.75) is 16.2 Å². The van der Waals surface area contributed by atoms with E-state index in [-0.39, 0.29) is 22.6 Å². The van der Waals surface area contributed by atoms with E-state index in [4.69, 9.17) is 0 Å². The minimum atomic E-state index is -0.565. The lowest BCUT2D eigenvalue weighted by atomic mass is 9.88. The normalized spacial score (nSPS) is 23.1. The molecule has 150 valence electrons. The maximum Gasteiger partial charge on any atom is 0.305 e. The molecule has 0 radical (unpaired) electrons. The van der Waals surface area contributed by atoms with Gasteiger partial charge in [-0.2, -0.15) is 0 Å². The maximum atomic E-state index is 13.4. The summed E-state index contributed by atoms with van der Waals surface area (Å²) in [6.07, 6.45) is 3.90. The molecule has 0 spiro atoms. The number of anilines is 1. The Bertz CT molecular complexity index is 1220. The number of thioether (sulfide) groups is 1. The average molecular weight is 499 g/mol. The first-order chi connectivity index (χ1) is 14.5. The number of amides is 2. The van der Waals surface area contributed by atoms with Gasteiger partial charge in [0.05, 0.1) is 16.6 Å². The number of hydrogen-bond donors (Lipinski definition) is 1. The Balaban J connectivity index is 1.57. The Morgan fingerprint density at radius 2 is 1.70 bits per heavy atom. The Hall–Kier alpha value is -2.42. The molecule has 1 N–H and O–H groups in total. The molecule has 3 aromatic rings. The number of aromatic amines is 1. The van der Waals surface area contributed by atoms with Crippen molar-refractivity contribution < 1.29 is 9.59 Å². The van der Waals surface area contributed by atoms with Crippen LogP contribution in [0.5, 0.6) is 0 Å². The summed E-state index contributed by atoms with van der Waals surface area (Å²) in [6, 6.07) is 16.9. The molecule has 5 rings (SSSR count). The number of H-pyrrole nitrogens is 1. The molecular weight excluding hydrogens is 484 g/mol. The van der Waals surface area contributed by atoms with Gasteiger partial charge in [0.1, 0.15) is 5.25 Å². The van der Waals surface area contributed by atoms with Crippen LogP contribution >= 0.6 is 39.0 Å². The minimum Gasteiger partial charge on any atom is -0.307 e. The van der Waals surface area contributed by atoms with Gasteiger partial charge in [-0.05, 0) is 29.8 Å². The van der Waals surface area contributed by atoms with Crippen LogP contribution in [0.3, 0.4) is 0 Å². The minimum absolute atomic E-state index is 0.171. The van der Waals surface area contributed by atoms with Crippen LogP contribution in [0.2, 0.25) is 0 Å². The standard InChI is InChI=1S/C22H15BrN2O3S2/c23-13-7-9-14(10-8-13)25-20(26)16-15(11-6-12-4-2-1-3-5-12)17-19(24-22(28)30-17)29-18(16)21(25)27/h1-11,15-16,18H,(H,24,28)/b11-6+. The number of fused-ring (bicyclic) bond motifs is 2. The second kappa shape index (κ2) is 7.68. The lowest BCUT2D eigenvalue weighted by molar-refractivity contribution is -0.122. The maximum absolute atomic E-state index is 13.4. The number of halogens is 1. The fourth-order valence-corrected chi connectivity index (χ4v) is 6.64. The van der Waals surface area contributed by atoms with Gasteiger partial charge in [-0.3, -0.25) is 14.4 Å². The summed E-state index contributed by atoms with van der Waals surface area (Å²) in [5.74, 6) is -1.36. The lowest BCUT2D eigenvalue weighted by Gasteiger charge is -2.27. The van der Waals surface area contributed by atoms with Crippen molar-refractivity contribution in [2.75, 3.05) is 4.90 Å². The van der Waals surface area contributed by atoms with Crippen LogP contribution in [0.1, 0.15) is 16.4 Å². The summed E-state index contributed by atoms with van der Waals surface area (Å²) in [5, 5.41) is 0.122.